The van der Waals surface area contributed by atoms with Crippen molar-refractivity contribution in [1.82, 2.24) is 15.6 Å². The van der Waals surface area contributed by atoms with Crippen molar-refractivity contribution >= 4 is 29.2 Å². The molecule has 4 N–H and O–H groups in total. The average molecular weight is 422 g/mol. The summed E-state index contributed by atoms with van der Waals surface area (Å²) in [6.45, 7) is 0.993. The zero-order valence-corrected chi connectivity index (χ0v) is 16.4. The number of aryl methyl sites for hydroxylation is 1. The Morgan fingerprint density at radius 2 is 1.83 bits per heavy atom. The number of hydrogen-bond acceptors (Lipinski definition) is 3. The Morgan fingerprint density at radius 3 is 2.52 bits per heavy atom. The highest BCUT2D eigenvalue weighted by Gasteiger charge is 2.26. The number of halogens is 3. The minimum atomic E-state index is -0.596. The van der Waals surface area contributed by atoms with Gasteiger partial charge in [-0.3, -0.25) is 4.79 Å². The lowest BCUT2D eigenvalue weighted by Gasteiger charge is -2.15. The van der Waals surface area contributed by atoms with Gasteiger partial charge in [-0.05, 0) is 60.0 Å². The fraction of sp³-hybridized carbons (Fsp3) is 0.286. The van der Waals surface area contributed by atoms with Gasteiger partial charge < -0.3 is 20.7 Å². The smallest absolute Gasteiger partial charge is 0.220 e. The Morgan fingerprint density at radius 1 is 1.10 bits per heavy atom. The molecule has 1 aromatic heterocycles. The van der Waals surface area contributed by atoms with E-state index in [0.717, 1.165) is 22.3 Å². The molecule has 0 bridgehead atoms. The summed E-state index contributed by atoms with van der Waals surface area (Å²) < 4.78 is 27.1. The summed E-state index contributed by atoms with van der Waals surface area (Å²) in [5.41, 5.74) is 3.08. The lowest BCUT2D eigenvalue weighted by Crippen LogP contribution is -2.42. The standard InChI is InChI=1S/C21H21F2N3O2.ClH/c22-13-3-1-12(2-4-13)21-15(16-9-14(23)5-7-17(16)26-21)6-8-20(28)25-18-10-24-11-19(18)27;/h1-5,7,9,18-19,24,26-27H,6,8,10-11H2,(H,25,28);1H/t18-,19-;/m0./s1. The van der Waals surface area contributed by atoms with Gasteiger partial charge in [0.25, 0.3) is 0 Å². The van der Waals surface area contributed by atoms with Crippen LogP contribution >= 0.6 is 12.4 Å². The highest BCUT2D eigenvalue weighted by atomic mass is 35.5. The van der Waals surface area contributed by atoms with E-state index in [2.05, 4.69) is 15.6 Å². The molecular weight excluding hydrogens is 400 g/mol. The summed E-state index contributed by atoms with van der Waals surface area (Å²) in [5, 5.41) is 16.4. The summed E-state index contributed by atoms with van der Waals surface area (Å²) in [6, 6.07) is 10.2. The van der Waals surface area contributed by atoms with Crippen molar-refractivity contribution in [3.63, 3.8) is 0 Å². The van der Waals surface area contributed by atoms with Gasteiger partial charge in [-0.1, -0.05) is 0 Å². The summed E-state index contributed by atoms with van der Waals surface area (Å²) in [6.07, 6.45) is -0.0139. The number of β-amino-alcohol motifs (C(OH)–C–C–N with tert-alkyl or cyclic N) is 1. The maximum Gasteiger partial charge on any atom is 0.220 e. The minimum Gasteiger partial charge on any atom is -0.390 e. The molecule has 1 aliphatic heterocycles. The number of carbonyl (C=O) groups is 1. The van der Waals surface area contributed by atoms with E-state index in [1.807, 2.05) is 0 Å². The Labute approximate surface area is 172 Å². The number of aromatic nitrogens is 1. The van der Waals surface area contributed by atoms with Crippen molar-refractivity contribution in [3.8, 4) is 11.3 Å². The third-order valence-electron chi connectivity index (χ3n) is 5.13. The van der Waals surface area contributed by atoms with Gasteiger partial charge in [-0.2, -0.15) is 0 Å². The molecule has 29 heavy (non-hydrogen) atoms. The maximum atomic E-state index is 13.8. The molecule has 1 aliphatic rings. The van der Waals surface area contributed by atoms with Crippen LogP contribution in [0.2, 0.25) is 0 Å². The fourth-order valence-electron chi connectivity index (χ4n) is 3.67. The second-order valence-electron chi connectivity index (χ2n) is 7.07. The molecule has 0 spiro atoms. The number of nitrogens with one attached hydrogen (secondary N) is 3. The van der Waals surface area contributed by atoms with Gasteiger partial charge in [0.15, 0.2) is 0 Å². The van der Waals surface area contributed by atoms with Crippen LogP contribution in [0.1, 0.15) is 12.0 Å². The molecule has 0 aliphatic carbocycles. The molecule has 8 heteroatoms. The number of aromatic amines is 1. The van der Waals surface area contributed by atoms with Crippen molar-refractivity contribution in [2.75, 3.05) is 13.1 Å². The summed E-state index contributed by atoms with van der Waals surface area (Å²) in [5.74, 6) is -0.873. The normalized spacial score (nSPS) is 18.6. The molecule has 5 nitrogen and oxygen atoms in total. The largest absolute Gasteiger partial charge is 0.390 e. The number of aliphatic hydroxyl groups excluding tert-OH is 1. The average Bonchev–Trinajstić information content (AvgIpc) is 3.24. The molecule has 1 fully saturated rings. The first kappa shape index (κ1) is 21.2. The van der Waals surface area contributed by atoms with E-state index in [4.69, 9.17) is 0 Å². The number of aliphatic hydroxyl groups is 1. The quantitative estimate of drug-likeness (QED) is 0.511. The van der Waals surface area contributed by atoms with Gasteiger partial charge in [-0.15, -0.1) is 12.4 Å². The Hall–Kier alpha value is -2.48. The van der Waals surface area contributed by atoms with E-state index < -0.39 is 6.10 Å². The minimum absolute atomic E-state index is 0. The lowest BCUT2D eigenvalue weighted by atomic mass is 10.0. The van der Waals surface area contributed by atoms with Crippen LogP contribution < -0.4 is 10.6 Å². The van der Waals surface area contributed by atoms with Crippen LogP contribution in [-0.2, 0) is 11.2 Å². The second kappa shape index (κ2) is 8.90. The van der Waals surface area contributed by atoms with Crippen molar-refractivity contribution in [1.29, 1.82) is 0 Å². The van der Waals surface area contributed by atoms with Gasteiger partial charge in [0.2, 0.25) is 5.91 Å². The van der Waals surface area contributed by atoms with Crippen LogP contribution in [0, 0.1) is 11.6 Å². The van der Waals surface area contributed by atoms with Gasteiger partial charge in [-0.25, -0.2) is 8.78 Å². The van der Waals surface area contributed by atoms with Crippen LogP contribution in [0.25, 0.3) is 22.2 Å². The van der Waals surface area contributed by atoms with Crippen LogP contribution in [0.5, 0.6) is 0 Å². The number of fused-ring (bicyclic) bond motifs is 1. The molecular formula is C21H22ClF2N3O2. The number of carbonyl (C=O) groups excluding carboxylic acids is 1. The molecule has 154 valence electrons. The highest BCUT2D eigenvalue weighted by Crippen LogP contribution is 2.32. The Kier molecular flexibility index (Phi) is 6.52. The summed E-state index contributed by atoms with van der Waals surface area (Å²) in [4.78, 5) is 15.6. The monoisotopic (exact) mass is 421 g/mol. The van der Waals surface area contributed by atoms with Crippen molar-refractivity contribution in [3.05, 3.63) is 59.7 Å². The highest BCUT2D eigenvalue weighted by molar-refractivity contribution is 5.91. The van der Waals surface area contributed by atoms with E-state index in [0.29, 0.717) is 24.9 Å². The summed E-state index contributed by atoms with van der Waals surface area (Å²) in [7, 11) is 0. The van der Waals surface area contributed by atoms with E-state index in [9.17, 15) is 18.7 Å². The molecule has 0 unspecified atom stereocenters. The van der Waals surface area contributed by atoms with Gasteiger partial charge >= 0.3 is 0 Å². The molecule has 2 aromatic carbocycles. The lowest BCUT2D eigenvalue weighted by molar-refractivity contribution is -0.122. The topological polar surface area (TPSA) is 77.2 Å². The molecule has 1 amide bonds. The van der Waals surface area contributed by atoms with Crippen molar-refractivity contribution in [2.24, 2.45) is 0 Å². The molecule has 2 atom stereocenters. The third-order valence-corrected chi connectivity index (χ3v) is 5.13. The SMILES string of the molecule is Cl.O=C(CCc1c(-c2ccc(F)cc2)[nH]c2ccc(F)cc12)N[C@H]1CNC[C@@H]1O. The first-order chi connectivity index (χ1) is 13.5. The zero-order valence-electron chi connectivity index (χ0n) is 15.5. The number of rotatable bonds is 5. The Balaban J connectivity index is 0.00000240. The van der Waals surface area contributed by atoms with E-state index in [-0.39, 0.29) is 42.4 Å². The molecule has 4 rings (SSSR count). The maximum absolute atomic E-state index is 13.8. The number of amides is 1. The molecule has 0 saturated carbocycles. The van der Waals surface area contributed by atoms with E-state index in [1.54, 1.807) is 18.2 Å². The predicted molar refractivity (Wildman–Crippen MR) is 110 cm³/mol. The molecule has 2 heterocycles. The van der Waals surface area contributed by atoms with Crippen LogP contribution in [-0.4, -0.2) is 41.2 Å². The summed E-state index contributed by atoms with van der Waals surface area (Å²) >= 11 is 0. The van der Waals surface area contributed by atoms with Crippen LogP contribution in [0.4, 0.5) is 8.78 Å². The second-order valence-corrected chi connectivity index (χ2v) is 7.07. The van der Waals surface area contributed by atoms with Gasteiger partial charge in [0.05, 0.1) is 12.1 Å². The van der Waals surface area contributed by atoms with Gasteiger partial charge in [0, 0.05) is 36.1 Å². The molecule has 1 saturated heterocycles. The number of benzene rings is 2. The zero-order chi connectivity index (χ0) is 19.7. The van der Waals surface area contributed by atoms with E-state index >= 15 is 0 Å². The van der Waals surface area contributed by atoms with Gasteiger partial charge in [0.1, 0.15) is 11.6 Å². The number of H-pyrrole nitrogens is 1. The molecule has 3 aromatic rings. The number of hydrogen-bond donors (Lipinski definition) is 4. The fourth-order valence-corrected chi connectivity index (χ4v) is 3.67. The Bertz CT molecular complexity index is 1010. The van der Waals surface area contributed by atoms with Crippen molar-refractivity contribution < 1.29 is 18.7 Å². The molecule has 0 radical (unpaired) electrons. The first-order valence-corrected chi connectivity index (χ1v) is 9.25. The van der Waals surface area contributed by atoms with Crippen molar-refractivity contribution in [2.45, 2.75) is 25.0 Å². The van der Waals surface area contributed by atoms with Crippen LogP contribution in [0.3, 0.4) is 0 Å². The predicted octanol–water partition coefficient (Wildman–Crippen LogP) is 2.92. The third kappa shape index (κ3) is 4.58. The first-order valence-electron chi connectivity index (χ1n) is 9.25. The van der Waals surface area contributed by atoms with Crippen LogP contribution in [0.15, 0.2) is 42.5 Å². The van der Waals surface area contributed by atoms with E-state index in [1.165, 1.54) is 24.3 Å².